The first-order valence-corrected chi connectivity index (χ1v) is 13.6. The van der Waals surface area contributed by atoms with Crippen LogP contribution in [0.15, 0.2) is 66.0 Å². The number of aryl methyl sites for hydroxylation is 2. The van der Waals surface area contributed by atoms with Crippen LogP contribution in [0.1, 0.15) is 41.0 Å². The van der Waals surface area contributed by atoms with Gasteiger partial charge in [0.15, 0.2) is 0 Å². The fraction of sp³-hybridized carbons (Fsp3) is 0.310. The van der Waals surface area contributed by atoms with Gasteiger partial charge in [-0.3, -0.25) is 9.48 Å². The Bertz CT molecular complexity index is 1340. The summed E-state index contributed by atoms with van der Waals surface area (Å²) in [5.41, 5.74) is 3.68. The van der Waals surface area contributed by atoms with Crippen LogP contribution in [0.25, 0.3) is 10.6 Å². The lowest BCUT2D eigenvalue weighted by atomic mass is 10.00. The number of benzene rings is 2. The van der Waals surface area contributed by atoms with E-state index in [0.717, 1.165) is 22.9 Å². The van der Waals surface area contributed by atoms with Crippen LogP contribution < -0.4 is 10.6 Å². The van der Waals surface area contributed by atoms with E-state index in [4.69, 9.17) is 0 Å². The molecule has 0 aliphatic carbocycles. The average molecular weight is 539 g/mol. The van der Waals surface area contributed by atoms with E-state index < -0.39 is 29.7 Å². The predicted octanol–water partition coefficient (Wildman–Crippen LogP) is 4.96. The van der Waals surface area contributed by atoms with Gasteiger partial charge in [-0.05, 0) is 66.1 Å². The topological polar surface area (TPSA) is 79.2 Å². The number of thiophene rings is 1. The number of hydrogen-bond donors (Lipinski definition) is 3. The Morgan fingerprint density at radius 1 is 1.03 bits per heavy atom. The molecule has 0 aliphatic rings. The highest BCUT2D eigenvalue weighted by atomic mass is 32.1. The summed E-state index contributed by atoms with van der Waals surface area (Å²) < 4.78 is 29.4. The van der Waals surface area contributed by atoms with Crippen molar-refractivity contribution in [1.82, 2.24) is 20.4 Å². The molecule has 0 aliphatic heterocycles. The average Bonchev–Trinajstić information content (AvgIpc) is 3.58. The van der Waals surface area contributed by atoms with Crippen LogP contribution in [0, 0.1) is 11.6 Å². The molecule has 0 bridgehead atoms. The molecule has 1 amide bonds. The Kier molecular flexibility index (Phi) is 9.38. The van der Waals surface area contributed by atoms with Crippen LogP contribution in [0.3, 0.4) is 0 Å². The Labute approximate surface area is 225 Å². The van der Waals surface area contributed by atoms with Gasteiger partial charge in [0.2, 0.25) is 0 Å². The fourth-order valence-electron chi connectivity index (χ4n) is 4.36. The van der Waals surface area contributed by atoms with Gasteiger partial charge in [-0.15, -0.1) is 11.3 Å². The molecule has 9 heteroatoms. The first-order chi connectivity index (χ1) is 18.4. The highest BCUT2D eigenvalue weighted by Gasteiger charge is 2.25. The van der Waals surface area contributed by atoms with Gasteiger partial charge in [0.1, 0.15) is 23.0 Å². The summed E-state index contributed by atoms with van der Waals surface area (Å²) in [5.74, 6) is -1.84. The highest BCUT2D eigenvalue weighted by Crippen LogP contribution is 2.24. The van der Waals surface area contributed by atoms with Gasteiger partial charge in [0.25, 0.3) is 5.91 Å². The van der Waals surface area contributed by atoms with E-state index in [2.05, 4.69) is 34.8 Å². The maximum absolute atomic E-state index is 13.9. The SMILES string of the molecule is CCc1cccc(CNC[C@@H](O)[C@H](Cc2cc(F)cc(F)c2)NC(=O)c2cc(-c3cccs3)nn2CC)c1. The third kappa shape index (κ3) is 7.12. The van der Waals surface area contributed by atoms with Crippen LogP contribution in [0.2, 0.25) is 0 Å². The van der Waals surface area contributed by atoms with Gasteiger partial charge in [-0.2, -0.15) is 5.10 Å². The standard InChI is InChI=1S/C29H32F2N4O2S/c1-3-19-7-5-8-20(11-19)17-32-18-27(36)24(14-21-12-22(30)15-23(31)13-21)33-29(37)26-16-25(34-35(26)4-2)28-9-6-10-38-28/h5-13,15-16,24,27,32,36H,3-4,14,17-18H2,1-2H3,(H,33,37)/t24-,27+/m0/s1. The summed E-state index contributed by atoms with van der Waals surface area (Å²) in [6, 6.07) is 16.2. The smallest absolute Gasteiger partial charge is 0.269 e. The number of aliphatic hydroxyl groups is 1. The van der Waals surface area contributed by atoms with E-state index in [1.165, 1.54) is 29.0 Å². The molecular formula is C29H32F2N4O2S. The van der Waals surface area contributed by atoms with E-state index >= 15 is 0 Å². The lowest BCUT2D eigenvalue weighted by Crippen LogP contribution is -2.49. The van der Waals surface area contributed by atoms with E-state index in [-0.39, 0.29) is 13.0 Å². The zero-order valence-corrected chi connectivity index (χ0v) is 22.3. The van der Waals surface area contributed by atoms with Crippen LogP contribution in [-0.2, 0) is 25.9 Å². The van der Waals surface area contributed by atoms with Crippen molar-refractivity contribution in [3.05, 3.63) is 100 Å². The maximum atomic E-state index is 13.9. The molecule has 2 heterocycles. The number of halogens is 2. The lowest BCUT2D eigenvalue weighted by Gasteiger charge is -2.25. The molecule has 6 nitrogen and oxygen atoms in total. The number of nitrogens with zero attached hydrogens (tertiary/aromatic N) is 2. The van der Waals surface area contributed by atoms with Gasteiger partial charge in [-0.1, -0.05) is 37.3 Å². The quantitative estimate of drug-likeness (QED) is 0.238. The summed E-state index contributed by atoms with van der Waals surface area (Å²) >= 11 is 1.53. The fourth-order valence-corrected chi connectivity index (χ4v) is 5.04. The first kappa shape index (κ1) is 27.6. The number of carbonyl (C=O) groups excluding carboxylic acids is 1. The molecule has 4 aromatic rings. The molecule has 4 rings (SSSR count). The minimum Gasteiger partial charge on any atom is -0.390 e. The molecule has 2 aromatic carbocycles. The van der Waals surface area contributed by atoms with E-state index in [9.17, 15) is 18.7 Å². The van der Waals surface area contributed by atoms with Crippen molar-refractivity contribution in [2.45, 2.75) is 51.9 Å². The third-order valence-corrected chi connectivity index (χ3v) is 7.22. The van der Waals surface area contributed by atoms with Crippen molar-refractivity contribution in [1.29, 1.82) is 0 Å². The van der Waals surface area contributed by atoms with Crippen molar-refractivity contribution < 1.29 is 18.7 Å². The van der Waals surface area contributed by atoms with Gasteiger partial charge < -0.3 is 15.7 Å². The number of rotatable bonds is 12. The summed E-state index contributed by atoms with van der Waals surface area (Å²) in [5, 5.41) is 23.7. The van der Waals surface area contributed by atoms with Crippen LogP contribution in [0.4, 0.5) is 8.78 Å². The summed E-state index contributed by atoms with van der Waals surface area (Å²) in [6.07, 6.45) is -0.0429. The van der Waals surface area contributed by atoms with Gasteiger partial charge >= 0.3 is 0 Å². The summed E-state index contributed by atoms with van der Waals surface area (Å²) in [7, 11) is 0. The molecule has 2 atom stereocenters. The van der Waals surface area contributed by atoms with Crippen molar-refractivity contribution in [2.75, 3.05) is 6.54 Å². The molecule has 200 valence electrons. The highest BCUT2D eigenvalue weighted by molar-refractivity contribution is 7.13. The zero-order chi connectivity index (χ0) is 27.1. The largest absolute Gasteiger partial charge is 0.390 e. The third-order valence-electron chi connectivity index (χ3n) is 6.33. The van der Waals surface area contributed by atoms with Gasteiger partial charge in [0.05, 0.1) is 17.0 Å². The Balaban J connectivity index is 1.51. The molecule has 0 saturated heterocycles. The van der Waals surface area contributed by atoms with Crippen molar-refractivity contribution in [3.8, 4) is 10.6 Å². The van der Waals surface area contributed by atoms with Crippen LogP contribution in [0.5, 0.6) is 0 Å². The minimum atomic E-state index is -1.02. The molecule has 0 fully saturated rings. The van der Waals surface area contributed by atoms with E-state index in [1.807, 2.05) is 36.6 Å². The Morgan fingerprint density at radius 2 is 1.79 bits per heavy atom. The minimum absolute atomic E-state index is 0.0482. The van der Waals surface area contributed by atoms with E-state index in [1.54, 1.807) is 10.7 Å². The van der Waals surface area contributed by atoms with Gasteiger partial charge in [0, 0.05) is 25.7 Å². The number of aliphatic hydroxyl groups excluding tert-OH is 1. The maximum Gasteiger partial charge on any atom is 0.269 e. The normalized spacial score (nSPS) is 12.9. The molecule has 2 aromatic heterocycles. The lowest BCUT2D eigenvalue weighted by molar-refractivity contribution is 0.0820. The van der Waals surface area contributed by atoms with Crippen molar-refractivity contribution in [3.63, 3.8) is 0 Å². The predicted molar refractivity (Wildman–Crippen MR) is 146 cm³/mol. The van der Waals surface area contributed by atoms with Gasteiger partial charge in [-0.25, -0.2) is 8.78 Å². The number of hydrogen-bond acceptors (Lipinski definition) is 5. The molecule has 0 unspecified atom stereocenters. The molecule has 0 saturated carbocycles. The molecule has 0 spiro atoms. The second kappa shape index (κ2) is 12.9. The van der Waals surface area contributed by atoms with Crippen LogP contribution >= 0.6 is 11.3 Å². The zero-order valence-electron chi connectivity index (χ0n) is 21.5. The second-order valence-corrected chi connectivity index (χ2v) is 10.1. The van der Waals surface area contributed by atoms with Crippen LogP contribution in [-0.4, -0.2) is 39.5 Å². The molecular weight excluding hydrogens is 506 g/mol. The Morgan fingerprint density at radius 3 is 2.47 bits per heavy atom. The number of amides is 1. The van der Waals surface area contributed by atoms with Crippen molar-refractivity contribution >= 4 is 17.2 Å². The summed E-state index contributed by atoms with van der Waals surface area (Å²) in [6.45, 7) is 5.17. The molecule has 3 N–H and O–H groups in total. The summed E-state index contributed by atoms with van der Waals surface area (Å²) in [4.78, 5) is 14.3. The number of nitrogens with one attached hydrogen (secondary N) is 2. The monoisotopic (exact) mass is 538 g/mol. The molecule has 38 heavy (non-hydrogen) atoms. The second-order valence-electron chi connectivity index (χ2n) is 9.14. The first-order valence-electron chi connectivity index (χ1n) is 12.7. The Hall–Kier alpha value is -3.40. The number of aromatic nitrogens is 2. The van der Waals surface area contributed by atoms with E-state index in [0.29, 0.717) is 30.0 Å². The number of carbonyl (C=O) groups is 1. The van der Waals surface area contributed by atoms with Crippen molar-refractivity contribution in [2.24, 2.45) is 0 Å². The molecule has 0 radical (unpaired) electrons.